The molecule has 2 nitrogen and oxygen atoms in total. The molecular weight excluding hydrogens is 230 g/mol. The molecule has 1 aromatic heterocycles. The average Bonchev–Trinajstić information content (AvgIpc) is 2.71. The zero-order valence-corrected chi connectivity index (χ0v) is 9.23. The van der Waals surface area contributed by atoms with E-state index in [-0.39, 0.29) is 5.56 Å². The van der Waals surface area contributed by atoms with Crippen LogP contribution in [0.3, 0.4) is 0 Å². The Hall–Kier alpha value is -1.33. The van der Waals surface area contributed by atoms with Crippen LogP contribution in [0, 0.1) is 11.6 Å². The summed E-state index contributed by atoms with van der Waals surface area (Å²) in [6.07, 6.45) is 0.654. The Bertz CT molecular complexity index is 496. The van der Waals surface area contributed by atoms with Crippen molar-refractivity contribution in [2.75, 3.05) is 6.54 Å². The first-order valence-corrected chi connectivity index (χ1v) is 5.68. The summed E-state index contributed by atoms with van der Waals surface area (Å²) in [5.41, 5.74) is 6.05. The van der Waals surface area contributed by atoms with Crippen molar-refractivity contribution in [3.05, 3.63) is 40.2 Å². The van der Waals surface area contributed by atoms with Crippen LogP contribution < -0.4 is 5.73 Å². The van der Waals surface area contributed by atoms with Crippen LogP contribution in [-0.2, 0) is 6.42 Å². The minimum atomic E-state index is -0.468. The number of nitrogens with two attached hydrogens (primary N) is 1. The minimum absolute atomic E-state index is 0.194. The van der Waals surface area contributed by atoms with Gasteiger partial charge in [-0.2, -0.15) is 0 Å². The van der Waals surface area contributed by atoms with Crippen LogP contribution in [-0.4, -0.2) is 11.5 Å². The van der Waals surface area contributed by atoms with Crippen molar-refractivity contribution < 1.29 is 8.78 Å². The standard InChI is InChI=1S/C11H10F2N2S/c12-7-1-2-9(13)8(5-7)10-6-16-11(15-10)3-4-14/h1-2,5-6H,3-4,14H2. The van der Waals surface area contributed by atoms with E-state index in [0.717, 1.165) is 23.2 Å². The molecule has 0 bridgehead atoms. The molecular formula is C11H10F2N2S. The van der Waals surface area contributed by atoms with Crippen LogP contribution in [0.1, 0.15) is 5.01 Å². The predicted molar refractivity (Wildman–Crippen MR) is 60.2 cm³/mol. The minimum Gasteiger partial charge on any atom is -0.330 e. The molecule has 2 N–H and O–H groups in total. The third-order valence-corrected chi connectivity index (χ3v) is 3.02. The van der Waals surface area contributed by atoms with Crippen LogP contribution >= 0.6 is 11.3 Å². The third-order valence-electron chi connectivity index (χ3n) is 2.11. The van der Waals surface area contributed by atoms with Gasteiger partial charge in [-0.25, -0.2) is 13.8 Å². The largest absolute Gasteiger partial charge is 0.330 e. The highest BCUT2D eigenvalue weighted by atomic mass is 32.1. The number of rotatable bonds is 3. The van der Waals surface area contributed by atoms with Crippen molar-refractivity contribution in [2.24, 2.45) is 5.73 Å². The average molecular weight is 240 g/mol. The van der Waals surface area contributed by atoms with Gasteiger partial charge in [0.1, 0.15) is 11.6 Å². The Labute approximate surface area is 95.7 Å². The summed E-state index contributed by atoms with van der Waals surface area (Å²) >= 11 is 1.40. The summed E-state index contributed by atoms with van der Waals surface area (Å²) in [5, 5.41) is 2.55. The Morgan fingerprint density at radius 2 is 2.12 bits per heavy atom. The molecule has 0 radical (unpaired) electrons. The van der Waals surface area contributed by atoms with E-state index in [2.05, 4.69) is 4.98 Å². The van der Waals surface area contributed by atoms with Gasteiger partial charge in [0, 0.05) is 17.4 Å². The molecule has 0 spiro atoms. The number of hydrogen-bond donors (Lipinski definition) is 1. The monoisotopic (exact) mass is 240 g/mol. The number of hydrogen-bond acceptors (Lipinski definition) is 3. The summed E-state index contributed by atoms with van der Waals surface area (Å²) < 4.78 is 26.4. The van der Waals surface area contributed by atoms with Gasteiger partial charge in [-0.1, -0.05) is 0 Å². The lowest BCUT2D eigenvalue weighted by Crippen LogP contribution is -2.02. The van der Waals surface area contributed by atoms with Crippen LogP contribution in [0.5, 0.6) is 0 Å². The fraction of sp³-hybridized carbons (Fsp3) is 0.182. The van der Waals surface area contributed by atoms with Crippen molar-refractivity contribution in [1.82, 2.24) is 4.98 Å². The molecule has 2 aromatic rings. The Kier molecular flexibility index (Phi) is 3.26. The van der Waals surface area contributed by atoms with E-state index in [4.69, 9.17) is 5.73 Å². The molecule has 0 amide bonds. The van der Waals surface area contributed by atoms with Crippen LogP contribution in [0.2, 0.25) is 0 Å². The van der Waals surface area contributed by atoms with E-state index in [1.807, 2.05) is 0 Å². The zero-order valence-electron chi connectivity index (χ0n) is 8.41. The first-order valence-electron chi connectivity index (χ1n) is 4.80. The van der Waals surface area contributed by atoms with Crippen LogP contribution in [0.4, 0.5) is 8.78 Å². The lowest BCUT2D eigenvalue weighted by atomic mass is 10.1. The summed E-state index contributed by atoms with van der Waals surface area (Å²) in [7, 11) is 0. The maximum atomic E-state index is 13.4. The quantitative estimate of drug-likeness (QED) is 0.895. The van der Waals surface area contributed by atoms with E-state index in [9.17, 15) is 8.78 Å². The molecule has 0 aliphatic rings. The molecule has 0 saturated carbocycles. The SMILES string of the molecule is NCCc1nc(-c2cc(F)ccc2F)cs1. The van der Waals surface area contributed by atoms with Gasteiger partial charge < -0.3 is 5.73 Å². The van der Waals surface area contributed by atoms with Crippen LogP contribution in [0.25, 0.3) is 11.3 Å². The van der Waals surface area contributed by atoms with Crippen molar-refractivity contribution in [1.29, 1.82) is 0 Å². The van der Waals surface area contributed by atoms with Gasteiger partial charge >= 0.3 is 0 Å². The smallest absolute Gasteiger partial charge is 0.132 e. The highest BCUT2D eigenvalue weighted by Gasteiger charge is 2.10. The molecule has 1 heterocycles. The number of aromatic nitrogens is 1. The van der Waals surface area contributed by atoms with Gasteiger partial charge in [0.25, 0.3) is 0 Å². The van der Waals surface area contributed by atoms with Gasteiger partial charge in [0.2, 0.25) is 0 Å². The van der Waals surface area contributed by atoms with Crippen molar-refractivity contribution >= 4 is 11.3 Å². The summed E-state index contributed by atoms with van der Waals surface area (Å²) in [4.78, 5) is 4.20. The van der Waals surface area contributed by atoms with Crippen molar-refractivity contribution in [3.63, 3.8) is 0 Å². The topological polar surface area (TPSA) is 38.9 Å². The van der Waals surface area contributed by atoms with Crippen molar-refractivity contribution in [2.45, 2.75) is 6.42 Å². The Morgan fingerprint density at radius 1 is 1.31 bits per heavy atom. The van der Waals surface area contributed by atoms with Gasteiger partial charge in [-0.3, -0.25) is 0 Å². The molecule has 0 aliphatic heterocycles. The molecule has 0 fully saturated rings. The maximum Gasteiger partial charge on any atom is 0.132 e. The molecule has 2 rings (SSSR count). The van der Waals surface area contributed by atoms with E-state index >= 15 is 0 Å². The lowest BCUT2D eigenvalue weighted by molar-refractivity contribution is 0.602. The fourth-order valence-electron chi connectivity index (χ4n) is 1.37. The second-order valence-corrected chi connectivity index (χ2v) is 4.23. The first kappa shape index (κ1) is 11.2. The Morgan fingerprint density at radius 3 is 2.88 bits per heavy atom. The summed E-state index contributed by atoms with van der Waals surface area (Å²) in [6, 6.07) is 3.34. The van der Waals surface area contributed by atoms with Gasteiger partial charge in [0.15, 0.2) is 0 Å². The van der Waals surface area contributed by atoms with E-state index in [1.165, 1.54) is 11.3 Å². The molecule has 0 aliphatic carbocycles. The van der Waals surface area contributed by atoms with Crippen molar-refractivity contribution in [3.8, 4) is 11.3 Å². The van der Waals surface area contributed by atoms with Crippen LogP contribution in [0.15, 0.2) is 23.6 Å². The molecule has 0 atom stereocenters. The third kappa shape index (κ3) is 2.25. The number of thiazole rings is 1. The zero-order chi connectivity index (χ0) is 11.5. The van der Waals surface area contributed by atoms with Gasteiger partial charge in [0.05, 0.1) is 10.7 Å². The molecule has 16 heavy (non-hydrogen) atoms. The molecule has 5 heteroatoms. The van der Waals surface area contributed by atoms with E-state index < -0.39 is 11.6 Å². The van der Waals surface area contributed by atoms with Gasteiger partial charge in [-0.05, 0) is 24.7 Å². The number of benzene rings is 1. The molecule has 0 unspecified atom stereocenters. The van der Waals surface area contributed by atoms with E-state index in [1.54, 1.807) is 5.38 Å². The maximum absolute atomic E-state index is 13.4. The predicted octanol–water partition coefficient (Wildman–Crippen LogP) is 2.59. The number of halogens is 2. The molecule has 0 saturated heterocycles. The Balaban J connectivity index is 2.38. The highest BCUT2D eigenvalue weighted by molar-refractivity contribution is 7.09. The fourth-order valence-corrected chi connectivity index (χ4v) is 2.18. The number of nitrogens with zero attached hydrogens (tertiary/aromatic N) is 1. The summed E-state index contributed by atoms with van der Waals surface area (Å²) in [5.74, 6) is -0.934. The second-order valence-electron chi connectivity index (χ2n) is 3.29. The normalized spacial score (nSPS) is 10.7. The summed E-state index contributed by atoms with van der Waals surface area (Å²) in [6.45, 7) is 0.499. The molecule has 1 aromatic carbocycles. The molecule has 84 valence electrons. The lowest BCUT2D eigenvalue weighted by Gasteiger charge is -1.99. The second kappa shape index (κ2) is 4.67. The highest BCUT2D eigenvalue weighted by Crippen LogP contribution is 2.25. The first-order chi connectivity index (χ1) is 7.70. The van der Waals surface area contributed by atoms with Gasteiger partial charge in [-0.15, -0.1) is 11.3 Å². The van der Waals surface area contributed by atoms with E-state index in [0.29, 0.717) is 18.7 Å².